The fourth-order valence-corrected chi connectivity index (χ4v) is 13.6. The molecule has 1 atom stereocenters. The highest BCUT2D eigenvalue weighted by Gasteiger charge is 2.49. The molecule has 3 heterocycles. The van der Waals surface area contributed by atoms with E-state index in [0.717, 1.165) is 35.6 Å². The molecule has 0 spiro atoms. The first-order valence-corrected chi connectivity index (χ1v) is 29.4. The van der Waals surface area contributed by atoms with Gasteiger partial charge in [-0.15, -0.1) is 0 Å². The number of hydrogen-bond acceptors (Lipinski definition) is 3. The van der Waals surface area contributed by atoms with Crippen LogP contribution in [0.25, 0.3) is 11.1 Å². The van der Waals surface area contributed by atoms with Crippen molar-refractivity contribution in [3.8, 4) is 11.1 Å². The van der Waals surface area contributed by atoms with Crippen LogP contribution < -0.4 is 31.1 Å². The van der Waals surface area contributed by atoms with Gasteiger partial charge in [0.05, 0.1) is 11.4 Å². The molecule has 0 aromatic heterocycles. The number of rotatable bonds is 4. The Bertz CT molecular complexity index is 3670. The van der Waals surface area contributed by atoms with Crippen LogP contribution in [0.3, 0.4) is 0 Å². The molecule has 8 aromatic carbocycles. The summed E-state index contributed by atoms with van der Waals surface area (Å²) in [5.74, 6) is 0. The maximum Gasteiger partial charge on any atom is 0.252 e. The van der Waals surface area contributed by atoms with E-state index >= 15 is 0 Å². The SMILES string of the molecule is CC(C)(C)c1ccc(N(c2ccc(C(C)(C)C)cc2)c2cc3c4c(c2)N2c5cc6c(cc5B4c4cc(C(C)(C)C)ccc4N3c3ccc(C(C)(C)C)cc3)C(C)(C)CCC6(C)c3cccc(c3)-c3cc(C(C)(C)C)ccc32)cc1. The Kier molecular flexibility index (Phi) is 11.8. The Morgan fingerprint density at radius 1 is 0.392 bits per heavy atom. The normalized spacial score (nSPS) is 17.2. The van der Waals surface area contributed by atoms with Crippen LogP contribution in [0, 0.1) is 0 Å². The van der Waals surface area contributed by atoms with Crippen molar-refractivity contribution < 1.29 is 0 Å². The van der Waals surface area contributed by atoms with Crippen molar-refractivity contribution in [2.75, 3.05) is 14.7 Å². The molecule has 1 aliphatic carbocycles. The molecule has 79 heavy (non-hydrogen) atoms. The highest BCUT2D eigenvalue weighted by molar-refractivity contribution is 7.00. The second-order valence-corrected chi connectivity index (χ2v) is 30.0. The molecule has 1 unspecified atom stereocenters. The summed E-state index contributed by atoms with van der Waals surface area (Å²) in [4.78, 5) is 7.87. The summed E-state index contributed by atoms with van der Waals surface area (Å²) >= 11 is 0. The minimum Gasteiger partial charge on any atom is -0.311 e. The quantitative estimate of drug-likeness (QED) is 0.163. The van der Waals surface area contributed by atoms with Crippen LogP contribution in [-0.2, 0) is 37.9 Å². The van der Waals surface area contributed by atoms with Gasteiger partial charge in [0, 0.05) is 50.8 Å². The summed E-state index contributed by atoms with van der Waals surface area (Å²) in [7, 11) is 0. The number of anilines is 9. The average Bonchev–Trinajstić information content (AvgIpc) is 3.38. The molecule has 0 saturated carbocycles. The van der Waals surface area contributed by atoms with Crippen molar-refractivity contribution in [2.24, 2.45) is 0 Å². The van der Waals surface area contributed by atoms with Gasteiger partial charge in [-0.3, -0.25) is 0 Å². The minimum atomic E-state index is -0.191. The third kappa shape index (κ3) is 8.69. The lowest BCUT2D eigenvalue weighted by atomic mass is 9.33. The van der Waals surface area contributed by atoms with E-state index in [1.165, 1.54) is 100 Å². The van der Waals surface area contributed by atoms with Gasteiger partial charge in [-0.1, -0.05) is 210 Å². The second-order valence-electron chi connectivity index (χ2n) is 30.0. The van der Waals surface area contributed by atoms with Gasteiger partial charge in [0.2, 0.25) is 0 Å². The van der Waals surface area contributed by atoms with Crippen molar-refractivity contribution in [1.82, 2.24) is 0 Å². The van der Waals surface area contributed by atoms with Crippen LogP contribution in [0.15, 0.2) is 158 Å². The molecule has 0 saturated heterocycles. The molecule has 3 nitrogen and oxygen atoms in total. The lowest BCUT2D eigenvalue weighted by Crippen LogP contribution is -2.62. The van der Waals surface area contributed by atoms with E-state index in [1.807, 2.05) is 0 Å². The predicted octanol–water partition coefficient (Wildman–Crippen LogP) is 19.1. The number of benzene rings is 8. The Hall–Kier alpha value is -6.78. The molecular formula is C75H84BN3. The summed E-state index contributed by atoms with van der Waals surface area (Å²) in [5.41, 5.74) is 27.9. The first-order chi connectivity index (χ1) is 36.9. The summed E-state index contributed by atoms with van der Waals surface area (Å²) in [6, 6.07) is 63.3. The van der Waals surface area contributed by atoms with E-state index in [1.54, 1.807) is 0 Å². The number of fused-ring (bicyclic) bond motifs is 10. The number of nitrogens with zero attached hydrogens (tertiary/aromatic N) is 3. The molecule has 8 aromatic rings. The Morgan fingerprint density at radius 2 is 0.873 bits per heavy atom. The summed E-state index contributed by atoms with van der Waals surface area (Å²) in [5, 5.41) is 0. The van der Waals surface area contributed by atoms with Crippen molar-refractivity contribution in [3.63, 3.8) is 0 Å². The zero-order chi connectivity index (χ0) is 56.3. The lowest BCUT2D eigenvalue weighted by molar-refractivity contribution is 0.350. The van der Waals surface area contributed by atoms with Crippen LogP contribution in [0.1, 0.15) is 182 Å². The van der Waals surface area contributed by atoms with Gasteiger partial charge in [-0.25, -0.2) is 0 Å². The highest BCUT2D eigenvalue weighted by atomic mass is 15.2. The molecule has 3 aliphatic heterocycles. The van der Waals surface area contributed by atoms with Crippen LogP contribution in [0.2, 0.25) is 0 Å². The zero-order valence-electron chi connectivity index (χ0n) is 50.8. The van der Waals surface area contributed by atoms with Crippen LogP contribution in [0.5, 0.6) is 0 Å². The minimum absolute atomic E-state index is 0.00520. The van der Waals surface area contributed by atoms with E-state index in [0.29, 0.717) is 0 Å². The van der Waals surface area contributed by atoms with Crippen molar-refractivity contribution in [1.29, 1.82) is 0 Å². The Balaban J connectivity index is 1.26. The topological polar surface area (TPSA) is 9.72 Å². The molecule has 0 N–H and O–H groups in total. The van der Waals surface area contributed by atoms with E-state index in [-0.39, 0.29) is 44.6 Å². The fourth-order valence-electron chi connectivity index (χ4n) is 13.6. The van der Waals surface area contributed by atoms with Gasteiger partial charge in [0.15, 0.2) is 0 Å². The Morgan fingerprint density at radius 3 is 1.42 bits per heavy atom. The average molecular weight is 1040 g/mol. The molecular weight excluding hydrogens is 954 g/mol. The molecule has 402 valence electrons. The highest BCUT2D eigenvalue weighted by Crippen LogP contribution is 2.56. The molecule has 0 radical (unpaired) electrons. The van der Waals surface area contributed by atoms with E-state index < -0.39 is 0 Å². The van der Waals surface area contributed by atoms with Crippen molar-refractivity contribution in [3.05, 3.63) is 202 Å². The first kappa shape index (κ1) is 52.9. The molecule has 4 aliphatic rings. The van der Waals surface area contributed by atoms with Gasteiger partial charge in [0.1, 0.15) is 0 Å². The molecule has 4 heteroatoms. The second kappa shape index (κ2) is 17.6. The Labute approximate surface area is 475 Å². The third-order valence-corrected chi connectivity index (χ3v) is 18.8. The summed E-state index contributed by atoms with van der Waals surface area (Å²) < 4.78 is 0. The number of hydrogen-bond donors (Lipinski definition) is 0. The standard InChI is InChI=1S/C75H84BN3/c1-69(2,3)48-22-30-54(31-23-48)77(55-32-24-49(25-33-55)70(4,5)6)57-43-66-68-67(44-57)79-63-36-28-51(72(10,11)12)41-58(63)47-20-19-21-53(40-47)75(18)39-38-74(16,17)59-45-62(65(79)46-60(59)75)76(68)61-42-52(73(13,14)15)29-37-64(61)78(66)56-34-26-50(27-35-56)71(7,8)9/h19-37,40-46H,38-39H2,1-18H3. The maximum atomic E-state index is 2.72. The largest absolute Gasteiger partial charge is 0.311 e. The van der Waals surface area contributed by atoms with Crippen LogP contribution in [0.4, 0.5) is 51.2 Å². The first-order valence-electron chi connectivity index (χ1n) is 29.4. The third-order valence-electron chi connectivity index (χ3n) is 18.8. The van der Waals surface area contributed by atoms with Gasteiger partial charge < -0.3 is 14.7 Å². The lowest BCUT2D eigenvalue weighted by Gasteiger charge is -2.49. The molecule has 0 amide bonds. The van der Waals surface area contributed by atoms with Crippen molar-refractivity contribution in [2.45, 2.75) is 175 Å². The van der Waals surface area contributed by atoms with Crippen molar-refractivity contribution >= 4 is 74.3 Å². The molecule has 0 fully saturated rings. The van der Waals surface area contributed by atoms with Gasteiger partial charge in [-0.05, 0) is 185 Å². The van der Waals surface area contributed by atoms with Gasteiger partial charge in [-0.2, -0.15) is 0 Å². The molecule has 12 rings (SSSR count). The summed E-state index contributed by atoms with van der Waals surface area (Å²) in [6.07, 6.45) is 2.19. The van der Waals surface area contributed by atoms with E-state index in [9.17, 15) is 0 Å². The molecule has 4 bridgehead atoms. The van der Waals surface area contributed by atoms with E-state index in [2.05, 4.69) is 297 Å². The fraction of sp³-hybridized carbons (Fsp3) is 0.360. The smallest absolute Gasteiger partial charge is 0.252 e. The monoisotopic (exact) mass is 1040 g/mol. The van der Waals surface area contributed by atoms with Gasteiger partial charge in [0.25, 0.3) is 6.71 Å². The van der Waals surface area contributed by atoms with Gasteiger partial charge >= 0.3 is 0 Å². The van der Waals surface area contributed by atoms with E-state index in [4.69, 9.17) is 0 Å². The van der Waals surface area contributed by atoms with Crippen LogP contribution >= 0.6 is 0 Å². The summed E-state index contributed by atoms with van der Waals surface area (Å²) in [6.45, 7) is 42.5. The predicted molar refractivity (Wildman–Crippen MR) is 343 cm³/mol. The maximum absolute atomic E-state index is 2.72. The van der Waals surface area contributed by atoms with Crippen LogP contribution in [-0.4, -0.2) is 6.71 Å². The zero-order valence-corrected chi connectivity index (χ0v) is 50.8.